The Morgan fingerprint density at radius 3 is 2.46 bits per heavy atom. The van der Waals surface area contributed by atoms with E-state index in [-0.39, 0.29) is 5.69 Å². The molecule has 0 saturated heterocycles. The first-order valence-electron chi connectivity index (χ1n) is 7.58. The van der Waals surface area contributed by atoms with E-state index < -0.39 is 5.97 Å². The number of fused-ring (bicyclic) bond motifs is 1. The minimum Gasteiger partial charge on any atom is -0.497 e. The van der Waals surface area contributed by atoms with E-state index in [9.17, 15) is 4.79 Å². The molecule has 0 radical (unpaired) electrons. The molecule has 7 nitrogen and oxygen atoms in total. The summed E-state index contributed by atoms with van der Waals surface area (Å²) >= 11 is 0. The van der Waals surface area contributed by atoms with Gasteiger partial charge in [0.25, 0.3) is 0 Å². The van der Waals surface area contributed by atoms with Crippen molar-refractivity contribution in [2.75, 3.05) is 14.2 Å². The van der Waals surface area contributed by atoms with E-state index in [2.05, 4.69) is 15.3 Å². The van der Waals surface area contributed by atoms with E-state index >= 15 is 0 Å². The van der Waals surface area contributed by atoms with Crippen molar-refractivity contribution in [3.8, 4) is 16.9 Å². The van der Waals surface area contributed by atoms with Gasteiger partial charge in [0.1, 0.15) is 5.75 Å². The van der Waals surface area contributed by atoms with Crippen molar-refractivity contribution in [3.05, 3.63) is 41.3 Å². The van der Waals surface area contributed by atoms with Crippen LogP contribution in [0.1, 0.15) is 28.8 Å². The SMILES string of the molecule is CCc1nn2c(C)c(C(=O)OC)nnc2c1-c1ccc(OC)cc1. The van der Waals surface area contributed by atoms with Crippen LogP contribution in [0.4, 0.5) is 0 Å². The highest BCUT2D eigenvalue weighted by Gasteiger charge is 2.21. The van der Waals surface area contributed by atoms with Crippen molar-refractivity contribution in [2.45, 2.75) is 20.3 Å². The second-order valence-electron chi connectivity index (χ2n) is 5.26. The summed E-state index contributed by atoms with van der Waals surface area (Å²) in [6, 6.07) is 7.70. The number of methoxy groups -OCH3 is 2. The van der Waals surface area contributed by atoms with Crippen molar-refractivity contribution in [3.63, 3.8) is 0 Å². The zero-order chi connectivity index (χ0) is 17.3. The van der Waals surface area contributed by atoms with Crippen LogP contribution in [0.5, 0.6) is 5.75 Å². The summed E-state index contributed by atoms with van der Waals surface area (Å²) < 4.78 is 11.6. The number of esters is 1. The van der Waals surface area contributed by atoms with E-state index in [1.807, 2.05) is 31.2 Å². The number of rotatable bonds is 4. The maximum Gasteiger partial charge on any atom is 0.360 e. The number of aryl methyl sites for hydroxylation is 2. The minimum atomic E-state index is -0.526. The zero-order valence-electron chi connectivity index (χ0n) is 14.0. The Morgan fingerprint density at radius 1 is 1.17 bits per heavy atom. The fourth-order valence-corrected chi connectivity index (χ4v) is 2.64. The molecule has 0 aliphatic rings. The molecule has 0 aliphatic carbocycles. The van der Waals surface area contributed by atoms with Crippen molar-refractivity contribution in [1.29, 1.82) is 0 Å². The molecule has 124 valence electrons. The van der Waals surface area contributed by atoms with Gasteiger partial charge in [0, 0.05) is 0 Å². The van der Waals surface area contributed by atoms with Gasteiger partial charge in [-0.15, -0.1) is 10.2 Å². The van der Waals surface area contributed by atoms with Crippen LogP contribution in [-0.2, 0) is 11.2 Å². The van der Waals surface area contributed by atoms with Gasteiger partial charge in [-0.3, -0.25) is 0 Å². The standard InChI is InChI=1S/C17H18N4O3/c1-5-13-14(11-6-8-12(23-3)9-7-11)16-19-18-15(17(22)24-4)10(2)21(16)20-13/h6-9H,5H2,1-4H3. The summed E-state index contributed by atoms with van der Waals surface area (Å²) in [6.07, 6.45) is 0.734. The highest BCUT2D eigenvalue weighted by molar-refractivity contribution is 5.89. The Morgan fingerprint density at radius 2 is 1.88 bits per heavy atom. The van der Waals surface area contributed by atoms with Crippen molar-refractivity contribution in [1.82, 2.24) is 19.8 Å². The van der Waals surface area contributed by atoms with Crippen molar-refractivity contribution >= 4 is 11.6 Å². The average Bonchev–Trinajstić information content (AvgIpc) is 3.01. The molecule has 0 unspecified atom stereocenters. The van der Waals surface area contributed by atoms with Crippen LogP contribution in [0.15, 0.2) is 24.3 Å². The molecule has 24 heavy (non-hydrogen) atoms. The molecule has 7 heteroatoms. The van der Waals surface area contributed by atoms with E-state index in [4.69, 9.17) is 9.47 Å². The molecule has 0 fully saturated rings. The summed E-state index contributed by atoms with van der Waals surface area (Å²) in [6.45, 7) is 3.80. The van der Waals surface area contributed by atoms with Gasteiger partial charge in [-0.25, -0.2) is 9.31 Å². The molecule has 2 aromatic heterocycles. The molecule has 0 spiro atoms. The topological polar surface area (TPSA) is 78.6 Å². The fourth-order valence-electron chi connectivity index (χ4n) is 2.64. The maximum atomic E-state index is 11.8. The van der Waals surface area contributed by atoms with E-state index in [0.29, 0.717) is 11.3 Å². The first-order chi connectivity index (χ1) is 11.6. The van der Waals surface area contributed by atoms with E-state index in [1.165, 1.54) is 7.11 Å². The third-order valence-electron chi connectivity index (χ3n) is 3.93. The lowest BCUT2D eigenvalue weighted by molar-refractivity contribution is 0.0590. The molecular weight excluding hydrogens is 308 g/mol. The van der Waals surface area contributed by atoms with Crippen LogP contribution in [-0.4, -0.2) is 40.0 Å². The molecule has 0 saturated carbocycles. The number of nitrogens with zero attached hydrogens (tertiary/aromatic N) is 4. The number of hydrogen-bond acceptors (Lipinski definition) is 6. The Labute approximate surface area is 139 Å². The minimum absolute atomic E-state index is 0.163. The number of hydrogen-bond donors (Lipinski definition) is 0. The molecule has 3 rings (SSSR count). The normalized spacial score (nSPS) is 10.8. The first-order valence-corrected chi connectivity index (χ1v) is 7.58. The monoisotopic (exact) mass is 326 g/mol. The molecule has 0 bridgehead atoms. The van der Waals surface area contributed by atoms with E-state index in [0.717, 1.165) is 29.0 Å². The summed E-state index contributed by atoms with van der Waals surface area (Å²) in [7, 11) is 2.95. The Bertz CT molecular complexity index is 900. The second-order valence-corrected chi connectivity index (χ2v) is 5.26. The molecule has 0 amide bonds. The Kier molecular flexibility index (Phi) is 4.16. The second kappa shape index (κ2) is 6.27. The number of aromatic nitrogens is 4. The van der Waals surface area contributed by atoms with Gasteiger partial charge in [-0.2, -0.15) is 5.10 Å². The zero-order valence-corrected chi connectivity index (χ0v) is 14.0. The van der Waals surface area contributed by atoms with Crippen molar-refractivity contribution < 1.29 is 14.3 Å². The molecule has 0 atom stereocenters. The van der Waals surface area contributed by atoms with Gasteiger partial charge in [0.05, 0.1) is 31.2 Å². The fraction of sp³-hybridized carbons (Fsp3) is 0.294. The van der Waals surface area contributed by atoms with Crippen LogP contribution in [0, 0.1) is 6.92 Å². The molecule has 3 aromatic rings. The molecular formula is C17H18N4O3. The summed E-state index contributed by atoms with van der Waals surface area (Å²) in [5.41, 5.74) is 4.15. The van der Waals surface area contributed by atoms with Crippen LogP contribution < -0.4 is 4.74 Å². The quantitative estimate of drug-likeness (QED) is 0.685. The molecule has 0 aliphatic heterocycles. The molecule has 1 aromatic carbocycles. The average molecular weight is 326 g/mol. The third kappa shape index (κ3) is 2.47. The van der Waals surface area contributed by atoms with Gasteiger partial charge < -0.3 is 9.47 Å². The number of carbonyl (C=O) groups is 1. The maximum absolute atomic E-state index is 11.8. The van der Waals surface area contributed by atoms with Gasteiger partial charge in [0.15, 0.2) is 11.3 Å². The van der Waals surface area contributed by atoms with Gasteiger partial charge in [-0.05, 0) is 31.0 Å². The first kappa shape index (κ1) is 15.9. The van der Waals surface area contributed by atoms with Crippen LogP contribution in [0.2, 0.25) is 0 Å². The van der Waals surface area contributed by atoms with Crippen LogP contribution in [0.3, 0.4) is 0 Å². The van der Waals surface area contributed by atoms with Gasteiger partial charge in [0.2, 0.25) is 0 Å². The van der Waals surface area contributed by atoms with E-state index in [1.54, 1.807) is 18.5 Å². The summed E-state index contributed by atoms with van der Waals surface area (Å²) in [4.78, 5) is 11.8. The van der Waals surface area contributed by atoms with Gasteiger partial charge in [-0.1, -0.05) is 19.1 Å². The highest BCUT2D eigenvalue weighted by atomic mass is 16.5. The molecule has 0 N–H and O–H groups in total. The lowest BCUT2D eigenvalue weighted by Gasteiger charge is -2.05. The summed E-state index contributed by atoms with van der Waals surface area (Å²) in [5.74, 6) is 0.255. The highest BCUT2D eigenvalue weighted by Crippen LogP contribution is 2.30. The predicted molar refractivity (Wildman–Crippen MR) is 88.2 cm³/mol. The third-order valence-corrected chi connectivity index (χ3v) is 3.93. The smallest absolute Gasteiger partial charge is 0.360 e. The Balaban J connectivity index is 2.23. The number of ether oxygens (including phenoxy) is 2. The lowest BCUT2D eigenvalue weighted by atomic mass is 10.0. The number of carbonyl (C=O) groups excluding carboxylic acids is 1. The summed E-state index contributed by atoms with van der Waals surface area (Å²) in [5, 5.41) is 12.9. The predicted octanol–water partition coefficient (Wildman–Crippen LogP) is 2.46. The Hall–Kier alpha value is -2.96. The largest absolute Gasteiger partial charge is 0.497 e. The van der Waals surface area contributed by atoms with Crippen molar-refractivity contribution in [2.24, 2.45) is 0 Å². The van der Waals surface area contributed by atoms with Crippen LogP contribution >= 0.6 is 0 Å². The molecule has 2 heterocycles. The van der Waals surface area contributed by atoms with Crippen LogP contribution in [0.25, 0.3) is 16.8 Å². The number of benzene rings is 1. The lowest BCUT2D eigenvalue weighted by Crippen LogP contribution is -2.12. The van der Waals surface area contributed by atoms with Gasteiger partial charge >= 0.3 is 5.97 Å².